The molecule has 1 heterocycles. The highest BCUT2D eigenvalue weighted by atomic mass is 16.6. The maximum Gasteiger partial charge on any atom is 0.409 e. The molecule has 1 saturated heterocycles. The highest BCUT2D eigenvalue weighted by molar-refractivity contribution is 5.77. The van der Waals surface area contributed by atoms with Gasteiger partial charge in [-0.15, -0.1) is 0 Å². The lowest BCUT2D eigenvalue weighted by atomic mass is 10.2. The van der Waals surface area contributed by atoms with Crippen molar-refractivity contribution in [1.82, 2.24) is 9.80 Å². The van der Waals surface area contributed by atoms with Gasteiger partial charge in [-0.3, -0.25) is 4.79 Å². The first-order valence-corrected chi connectivity index (χ1v) is 8.74. The van der Waals surface area contributed by atoms with E-state index in [1.54, 1.807) is 30.9 Å². The Kier molecular flexibility index (Phi) is 7.37. The van der Waals surface area contributed by atoms with E-state index in [1.165, 1.54) is 0 Å². The molecule has 2 rings (SSSR count). The second-order valence-electron chi connectivity index (χ2n) is 5.81. The number of nitrogens with one attached hydrogen (secondary N) is 1. The van der Waals surface area contributed by atoms with E-state index in [1.807, 2.05) is 18.2 Å². The van der Waals surface area contributed by atoms with Crippen molar-refractivity contribution in [2.75, 3.05) is 58.9 Å². The molecule has 0 atom stereocenters. The lowest BCUT2D eigenvalue weighted by Crippen LogP contribution is -2.50. The van der Waals surface area contributed by atoms with E-state index in [2.05, 4.69) is 5.32 Å². The minimum Gasteiger partial charge on any atom is -0.493 e. The average molecular weight is 365 g/mol. The van der Waals surface area contributed by atoms with Gasteiger partial charge in [-0.1, -0.05) is 0 Å². The van der Waals surface area contributed by atoms with E-state index in [4.69, 9.17) is 14.2 Å². The van der Waals surface area contributed by atoms with Crippen LogP contribution < -0.4 is 14.8 Å². The molecule has 0 spiro atoms. The molecule has 1 fully saturated rings. The van der Waals surface area contributed by atoms with Gasteiger partial charge in [0.25, 0.3) is 0 Å². The van der Waals surface area contributed by atoms with Gasteiger partial charge in [-0.2, -0.15) is 0 Å². The lowest BCUT2D eigenvalue weighted by Gasteiger charge is -2.34. The number of hydrogen-bond acceptors (Lipinski definition) is 6. The number of piperazine rings is 1. The summed E-state index contributed by atoms with van der Waals surface area (Å²) in [5, 5.41) is 3.22. The Hall–Kier alpha value is -2.64. The van der Waals surface area contributed by atoms with Crippen molar-refractivity contribution < 1.29 is 23.8 Å². The molecule has 0 saturated carbocycles. The van der Waals surface area contributed by atoms with Crippen molar-refractivity contribution in [1.29, 1.82) is 0 Å². The van der Waals surface area contributed by atoms with Crippen LogP contribution in [-0.2, 0) is 9.53 Å². The molecule has 0 radical (unpaired) electrons. The van der Waals surface area contributed by atoms with Gasteiger partial charge in [0.1, 0.15) is 0 Å². The summed E-state index contributed by atoms with van der Waals surface area (Å²) in [5.41, 5.74) is 0.864. The van der Waals surface area contributed by atoms with E-state index in [-0.39, 0.29) is 12.0 Å². The van der Waals surface area contributed by atoms with Crippen LogP contribution in [0.15, 0.2) is 18.2 Å². The minimum atomic E-state index is -0.310. The first-order valence-electron chi connectivity index (χ1n) is 8.74. The summed E-state index contributed by atoms with van der Waals surface area (Å²) in [6.07, 6.45) is 0.0722. The van der Waals surface area contributed by atoms with Crippen molar-refractivity contribution in [3.05, 3.63) is 18.2 Å². The number of rotatable bonds is 7. The highest BCUT2D eigenvalue weighted by Crippen LogP contribution is 2.29. The first-order chi connectivity index (χ1) is 12.6. The van der Waals surface area contributed by atoms with E-state index >= 15 is 0 Å². The fourth-order valence-electron chi connectivity index (χ4n) is 2.77. The number of carbonyl (C=O) groups excluding carboxylic acids is 2. The third kappa shape index (κ3) is 5.18. The quantitative estimate of drug-likeness (QED) is 0.794. The van der Waals surface area contributed by atoms with Crippen LogP contribution in [0.3, 0.4) is 0 Å². The standard InChI is InChI=1S/C18H27N3O5/c1-4-26-18(23)21-11-9-20(10-12-21)17(22)7-8-19-14-5-6-15(24-2)16(13-14)25-3/h5-6,13,19H,4,7-12H2,1-3H3. The van der Waals surface area contributed by atoms with Gasteiger partial charge >= 0.3 is 6.09 Å². The molecule has 1 aliphatic heterocycles. The van der Waals surface area contributed by atoms with E-state index in [9.17, 15) is 9.59 Å². The summed E-state index contributed by atoms with van der Waals surface area (Å²) in [6, 6.07) is 5.53. The molecule has 1 aromatic rings. The molecule has 8 nitrogen and oxygen atoms in total. The van der Waals surface area contributed by atoms with Gasteiger partial charge in [-0.25, -0.2) is 4.79 Å². The van der Waals surface area contributed by atoms with Crippen molar-refractivity contribution in [3.8, 4) is 11.5 Å². The molecule has 26 heavy (non-hydrogen) atoms. The Morgan fingerprint density at radius 1 is 1.04 bits per heavy atom. The van der Waals surface area contributed by atoms with Crippen LogP contribution in [0.2, 0.25) is 0 Å². The molecule has 0 aromatic heterocycles. The summed E-state index contributed by atoms with van der Waals surface area (Å²) in [5.74, 6) is 1.37. The topological polar surface area (TPSA) is 80.3 Å². The first kappa shape index (κ1) is 19.7. The normalized spacial score (nSPS) is 14.0. The second-order valence-corrected chi connectivity index (χ2v) is 5.81. The molecule has 0 aliphatic carbocycles. The van der Waals surface area contributed by atoms with Crippen molar-refractivity contribution in [2.45, 2.75) is 13.3 Å². The van der Waals surface area contributed by atoms with Gasteiger partial charge in [0, 0.05) is 50.9 Å². The molecule has 0 bridgehead atoms. The molecule has 1 N–H and O–H groups in total. The SMILES string of the molecule is CCOC(=O)N1CCN(C(=O)CCNc2ccc(OC)c(OC)c2)CC1. The predicted octanol–water partition coefficient (Wildman–Crippen LogP) is 1.81. The maximum atomic E-state index is 12.3. The van der Waals surface area contributed by atoms with Crippen LogP contribution in [0.4, 0.5) is 10.5 Å². The number of benzene rings is 1. The molecule has 8 heteroatoms. The van der Waals surface area contributed by atoms with Gasteiger partial charge in [-0.05, 0) is 19.1 Å². The van der Waals surface area contributed by atoms with Gasteiger partial charge in [0.2, 0.25) is 5.91 Å². The molecule has 2 amide bonds. The maximum absolute atomic E-state index is 12.3. The largest absolute Gasteiger partial charge is 0.493 e. The zero-order valence-corrected chi connectivity index (χ0v) is 15.6. The Labute approximate surface area is 154 Å². The van der Waals surface area contributed by atoms with E-state index in [0.29, 0.717) is 57.3 Å². The van der Waals surface area contributed by atoms with Crippen LogP contribution in [0.25, 0.3) is 0 Å². The minimum absolute atomic E-state index is 0.0708. The third-order valence-electron chi connectivity index (χ3n) is 4.21. The fraction of sp³-hybridized carbons (Fsp3) is 0.556. The van der Waals surface area contributed by atoms with Crippen LogP contribution >= 0.6 is 0 Å². The molecule has 1 aromatic carbocycles. The number of hydrogen-bond donors (Lipinski definition) is 1. The fourth-order valence-corrected chi connectivity index (χ4v) is 2.77. The Balaban J connectivity index is 1.75. The summed E-state index contributed by atoms with van der Waals surface area (Å²) in [6.45, 7) is 4.75. The van der Waals surface area contributed by atoms with Crippen molar-refractivity contribution in [3.63, 3.8) is 0 Å². The highest BCUT2D eigenvalue weighted by Gasteiger charge is 2.24. The van der Waals surface area contributed by atoms with Crippen LogP contribution in [-0.4, -0.2) is 75.4 Å². The molecular weight excluding hydrogens is 338 g/mol. The van der Waals surface area contributed by atoms with Crippen LogP contribution in [0.5, 0.6) is 11.5 Å². The Bertz CT molecular complexity index is 615. The zero-order valence-electron chi connectivity index (χ0n) is 15.6. The Morgan fingerprint density at radius 2 is 1.69 bits per heavy atom. The predicted molar refractivity (Wildman–Crippen MR) is 97.8 cm³/mol. The summed E-state index contributed by atoms with van der Waals surface area (Å²) < 4.78 is 15.4. The van der Waals surface area contributed by atoms with Gasteiger partial charge in [0.05, 0.1) is 20.8 Å². The molecule has 144 valence electrons. The van der Waals surface area contributed by atoms with Crippen molar-refractivity contribution >= 4 is 17.7 Å². The molecule has 0 unspecified atom stereocenters. The van der Waals surface area contributed by atoms with E-state index in [0.717, 1.165) is 5.69 Å². The number of amides is 2. The van der Waals surface area contributed by atoms with Gasteiger partial charge < -0.3 is 29.3 Å². The number of methoxy groups -OCH3 is 2. The molecule has 1 aliphatic rings. The summed E-state index contributed by atoms with van der Waals surface area (Å²) in [7, 11) is 3.17. The number of anilines is 1. The van der Waals surface area contributed by atoms with Crippen LogP contribution in [0, 0.1) is 0 Å². The number of ether oxygens (including phenoxy) is 3. The smallest absolute Gasteiger partial charge is 0.409 e. The second kappa shape index (κ2) is 9.74. The number of nitrogens with zero attached hydrogens (tertiary/aromatic N) is 2. The summed E-state index contributed by atoms with van der Waals surface area (Å²) >= 11 is 0. The van der Waals surface area contributed by atoms with Gasteiger partial charge in [0.15, 0.2) is 11.5 Å². The zero-order chi connectivity index (χ0) is 18.9. The summed E-state index contributed by atoms with van der Waals surface area (Å²) in [4.78, 5) is 27.4. The molecular formula is C18H27N3O5. The number of carbonyl (C=O) groups is 2. The van der Waals surface area contributed by atoms with Crippen LogP contribution in [0.1, 0.15) is 13.3 Å². The third-order valence-corrected chi connectivity index (χ3v) is 4.21. The Morgan fingerprint density at radius 3 is 2.31 bits per heavy atom. The van der Waals surface area contributed by atoms with E-state index < -0.39 is 0 Å². The lowest BCUT2D eigenvalue weighted by molar-refractivity contribution is -0.132. The average Bonchev–Trinajstić information content (AvgIpc) is 2.68. The van der Waals surface area contributed by atoms with Crippen molar-refractivity contribution in [2.24, 2.45) is 0 Å². The monoisotopic (exact) mass is 365 g/mol.